The molecular formula is C22H19F4N3O. The molecule has 2 aromatic carbocycles. The number of halogens is 4. The number of aromatic nitrogens is 2. The molecule has 0 atom stereocenters. The molecule has 156 valence electrons. The third-order valence-electron chi connectivity index (χ3n) is 4.85. The summed E-state index contributed by atoms with van der Waals surface area (Å²) < 4.78 is 57.2. The average Bonchev–Trinajstić information content (AvgIpc) is 3.23. The second-order valence-corrected chi connectivity index (χ2v) is 7.30. The Kier molecular flexibility index (Phi) is 5.11. The number of nitrogens with zero attached hydrogens (tertiary/aromatic N) is 2. The van der Waals surface area contributed by atoms with E-state index in [2.05, 4.69) is 9.97 Å². The van der Waals surface area contributed by atoms with Crippen molar-refractivity contribution in [2.24, 2.45) is 0 Å². The first kappa shape index (κ1) is 20.2. The van der Waals surface area contributed by atoms with E-state index < -0.39 is 11.7 Å². The normalized spacial score (nSPS) is 12.2. The van der Waals surface area contributed by atoms with Crippen molar-refractivity contribution in [1.29, 1.82) is 0 Å². The molecule has 0 aliphatic rings. The van der Waals surface area contributed by atoms with Gasteiger partial charge in [0.25, 0.3) is 0 Å². The predicted octanol–water partition coefficient (Wildman–Crippen LogP) is 5.92. The number of oxazole rings is 1. The number of H-pyrrole nitrogens is 1. The summed E-state index contributed by atoms with van der Waals surface area (Å²) in [5, 5.41) is 0.806. The molecule has 0 amide bonds. The monoisotopic (exact) mass is 417 g/mol. The fraction of sp³-hybridized carbons (Fsp3) is 0.227. The number of hydrogen-bond donors (Lipinski definition) is 1. The maximum Gasteiger partial charge on any atom is 0.416 e. The van der Waals surface area contributed by atoms with Crippen molar-refractivity contribution in [3.8, 4) is 11.5 Å². The number of nitrogens with one attached hydrogen (secondary N) is 1. The van der Waals surface area contributed by atoms with Crippen LogP contribution in [0.15, 0.2) is 52.9 Å². The van der Waals surface area contributed by atoms with Gasteiger partial charge in [-0.25, -0.2) is 9.37 Å². The fourth-order valence-corrected chi connectivity index (χ4v) is 3.35. The molecule has 0 radical (unpaired) electrons. The molecular weight excluding hydrogens is 398 g/mol. The fourth-order valence-electron chi connectivity index (χ4n) is 3.35. The zero-order valence-electron chi connectivity index (χ0n) is 16.3. The van der Waals surface area contributed by atoms with Gasteiger partial charge in [-0.3, -0.25) is 4.90 Å². The van der Waals surface area contributed by atoms with Crippen LogP contribution in [0.4, 0.5) is 17.6 Å². The van der Waals surface area contributed by atoms with E-state index in [1.165, 1.54) is 24.3 Å². The van der Waals surface area contributed by atoms with Crippen LogP contribution >= 0.6 is 0 Å². The van der Waals surface area contributed by atoms with Crippen LogP contribution in [-0.4, -0.2) is 21.9 Å². The Morgan fingerprint density at radius 2 is 1.77 bits per heavy atom. The zero-order valence-corrected chi connectivity index (χ0v) is 16.3. The molecule has 30 heavy (non-hydrogen) atoms. The van der Waals surface area contributed by atoms with E-state index in [1.54, 1.807) is 13.0 Å². The highest BCUT2D eigenvalue weighted by Crippen LogP contribution is 2.31. The van der Waals surface area contributed by atoms with Crippen LogP contribution in [0.3, 0.4) is 0 Å². The van der Waals surface area contributed by atoms with Gasteiger partial charge in [-0.05, 0) is 62.5 Å². The standard InChI is InChI=1S/C22H19F4N3O/c1-13-20(28-21(30-13)14-3-5-16(6-4-14)22(24,25)26)12-29(2)11-18-10-15-9-17(23)7-8-19(15)27-18/h3-10,27H,11-12H2,1-2H3. The zero-order chi connectivity index (χ0) is 21.5. The van der Waals surface area contributed by atoms with Gasteiger partial charge in [-0.1, -0.05) is 0 Å². The molecule has 8 heteroatoms. The van der Waals surface area contributed by atoms with Gasteiger partial charge < -0.3 is 9.40 Å². The average molecular weight is 417 g/mol. The minimum atomic E-state index is -4.38. The van der Waals surface area contributed by atoms with E-state index in [9.17, 15) is 17.6 Å². The molecule has 0 spiro atoms. The summed E-state index contributed by atoms with van der Waals surface area (Å²) in [7, 11) is 1.91. The molecule has 0 bridgehead atoms. The van der Waals surface area contributed by atoms with Crippen LogP contribution in [0.5, 0.6) is 0 Å². The van der Waals surface area contributed by atoms with Gasteiger partial charge in [0, 0.05) is 35.2 Å². The third kappa shape index (κ3) is 4.23. The summed E-state index contributed by atoms with van der Waals surface area (Å²) in [6.45, 7) is 2.84. The Bertz CT molecular complexity index is 1180. The summed E-state index contributed by atoms with van der Waals surface area (Å²) in [4.78, 5) is 9.73. The molecule has 0 fully saturated rings. The lowest BCUT2D eigenvalue weighted by Gasteiger charge is -2.14. The number of fused-ring (bicyclic) bond motifs is 1. The molecule has 1 N–H and O–H groups in total. The van der Waals surface area contributed by atoms with Crippen molar-refractivity contribution in [2.45, 2.75) is 26.2 Å². The van der Waals surface area contributed by atoms with Gasteiger partial charge in [0.05, 0.1) is 11.3 Å². The highest BCUT2D eigenvalue weighted by atomic mass is 19.4. The molecule has 0 saturated heterocycles. The molecule has 0 unspecified atom stereocenters. The number of benzene rings is 2. The van der Waals surface area contributed by atoms with Gasteiger partial charge in [-0.15, -0.1) is 0 Å². The molecule has 0 saturated carbocycles. The van der Waals surface area contributed by atoms with Gasteiger partial charge in [0.15, 0.2) is 0 Å². The summed E-state index contributed by atoms with van der Waals surface area (Å²) in [5.41, 5.74) is 2.27. The van der Waals surface area contributed by atoms with Crippen LogP contribution in [0.25, 0.3) is 22.4 Å². The minimum absolute atomic E-state index is 0.282. The molecule has 2 aromatic heterocycles. The molecule has 4 aromatic rings. The highest BCUT2D eigenvalue weighted by Gasteiger charge is 2.30. The van der Waals surface area contributed by atoms with Crippen molar-refractivity contribution < 1.29 is 22.0 Å². The van der Waals surface area contributed by atoms with Crippen LogP contribution in [0.1, 0.15) is 22.7 Å². The van der Waals surface area contributed by atoms with Gasteiger partial charge in [0.1, 0.15) is 11.6 Å². The Hall–Kier alpha value is -3.13. The Labute approximate surface area is 170 Å². The second kappa shape index (κ2) is 7.60. The lowest BCUT2D eigenvalue weighted by atomic mass is 10.1. The number of alkyl halides is 3. The van der Waals surface area contributed by atoms with Crippen LogP contribution in [-0.2, 0) is 19.3 Å². The van der Waals surface area contributed by atoms with E-state index in [1.807, 2.05) is 18.0 Å². The largest absolute Gasteiger partial charge is 0.441 e. The van der Waals surface area contributed by atoms with Crippen molar-refractivity contribution in [3.63, 3.8) is 0 Å². The summed E-state index contributed by atoms with van der Waals surface area (Å²) in [6, 6.07) is 11.2. The van der Waals surface area contributed by atoms with Gasteiger partial charge in [-0.2, -0.15) is 13.2 Å². The summed E-state index contributed by atoms with van der Waals surface area (Å²) in [5.74, 6) is 0.608. The van der Waals surface area contributed by atoms with Crippen molar-refractivity contribution in [1.82, 2.24) is 14.9 Å². The molecule has 0 aliphatic heterocycles. The Morgan fingerprint density at radius 1 is 1.03 bits per heavy atom. The summed E-state index contributed by atoms with van der Waals surface area (Å²) in [6.07, 6.45) is -4.38. The second-order valence-electron chi connectivity index (χ2n) is 7.30. The quantitative estimate of drug-likeness (QED) is 0.410. The molecule has 2 heterocycles. The predicted molar refractivity (Wildman–Crippen MR) is 105 cm³/mol. The van der Waals surface area contributed by atoms with Crippen molar-refractivity contribution >= 4 is 10.9 Å². The van der Waals surface area contributed by atoms with Gasteiger partial charge >= 0.3 is 6.18 Å². The lowest BCUT2D eigenvalue weighted by molar-refractivity contribution is -0.137. The topological polar surface area (TPSA) is 45.1 Å². The molecule has 0 aliphatic carbocycles. The van der Waals surface area contributed by atoms with Crippen LogP contribution in [0.2, 0.25) is 0 Å². The van der Waals surface area contributed by atoms with E-state index >= 15 is 0 Å². The first-order valence-electron chi connectivity index (χ1n) is 9.28. The van der Waals surface area contributed by atoms with Crippen molar-refractivity contribution in [3.05, 3.63) is 77.1 Å². The van der Waals surface area contributed by atoms with Crippen LogP contribution in [0, 0.1) is 12.7 Å². The highest BCUT2D eigenvalue weighted by molar-refractivity contribution is 5.80. The maximum absolute atomic E-state index is 13.4. The maximum atomic E-state index is 13.4. The molecule has 4 rings (SSSR count). The molecule has 4 nitrogen and oxygen atoms in total. The van der Waals surface area contributed by atoms with Gasteiger partial charge in [0.2, 0.25) is 5.89 Å². The number of rotatable bonds is 5. The first-order chi connectivity index (χ1) is 14.2. The van der Waals surface area contributed by atoms with E-state index in [-0.39, 0.29) is 11.7 Å². The lowest BCUT2D eigenvalue weighted by Crippen LogP contribution is -2.18. The van der Waals surface area contributed by atoms with Crippen molar-refractivity contribution in [2.75, 3.05) is 7.05 Å². The third-order valence-corrected chi connectivity index (χ3v) is 4.85. The Balaban J connectivity index is 1.47. The minimum Gasteiger partial charge on any atom is -0.441 e. The summed E-state index contributed by atoms with van der Waals surface area (Å²) >= 11 is 0. The van der Waals surface area contributed by atoms with E-state index in [0.717, 1.165) is 28.7 Å². The Morgan fingerprint density at radius 3 is 2.47 bits per heavy atom. The van der Waals surface area contributed by atoms with E-state index in [0.29, 0.717) is 30.1 Å². The van der Waals surface area contributed by atoms with Crippen LogP contribution < -0.4 is 0 Å². The smallest absolute Gasteiger partial charge is 0.416 e. The van der Waals surface area contributed by atoms with E-state index in [4.69, 9.17) is 4.42 Å². The SMILES string of the molecule is Cc1oc(-c2ccc(C(F)(F)F)cc2)nc1CN(C)Cc1cc2cc(F)ccc2[nH]1. The number of aromatic amines is 1. The number of aryl methyl sites for hydroxylation is 1. The first-order valence-corrected chi connectivity index (χ1v) is 9.28. The number of hydrogen-bond acceptors (Lipinski definition) is 3.